The van der Waals surface area contributed by atoms with Gasteiger partial charge in [0, 0.05) is 57.3 Å². The zero-order valence-electron chi connectivity index (χ0n) is 15.5. The molecule has 6 nitrogen and oxygen atoms in total. The molecule has 3 saturated heterocycles. The Hall–Kier alpha value is -0.120. The Balaban J connectivity index is 0.00000225. The summed E-state index contributed by atoms with van der Waals surface area (Å²) in [4.78, 5) is 7.22. The molecular formula is C18H34IN3O3. The molecule has 0 aliphatic carbocycles. The quantitative estimate of drug-likeness (QED) is 0.269. The van der Waals surface area contributed by atoms with Crippen molar-refractivity contribution in [3.8, 4) is 0 Å². The monoisotopic (exact) mass is 467 g/mol. The van der Waals surface area contributed by atoms with Gasteiger partial charge in [-0.25, -0.2) is 0 Å². The summed E-state index contributed by atoms with van der Waals surface area (Å²) in [5.41, 5.74) is 0.378. The molecule has 0 aromatic rings. The highest BCUT2D eigenvalue weighted by Gasteiger charge is 2.42. The Morgan fingerprint density at radius 2 is 2.24 bits per heavy atom. The van der Waals surface area contributed by atoms with Crippen LogP contribution in [0.1, 0.15) is 32.6 Å². The molecule has 3 aliphatic rings. The SMILES string of the molecule is CCNC(=NCCCOCC1CCOC1)N1CCC2(CCOC2)C1.I. The van der Waals surface area contributed by atoms with Crippen LogP contribution in [0.5, 0.6) is 0 Å². The van der Waals surface area contributed by atoms with Crippen molar-refractivity contribution in [2.45, 2.75) is 32.6 Å². The van der Waals surface area contributed by atoms with Gasteiger partial charge in [-0.15, -0.1) is 24.0 Å². The third kappa shape index (κ3) is 6.22. The van der Waals surface area contributed by atoms with Crippen molar-refractivity contribution in [3.63, 3.8) is 0 Å². The number of aliphatic imine (C=N–C) groups is 1. The first-order valence-corrected chi connectivity index (χ1v) is 9.58. The van der Waals surface area contributed by atoms with Crippen molar-refractivity contribution in [1.29, 1.82) is 0 Å². The van der Waals surface area contributed by atoms with Gasteiger partial charge in [-0.3, -0.25) is 4.99 Å². The standard InChI is InChI=1S/C18H33N3O3.HI/c1-2-19-17(21-8-5-18(14-21)6-11-24-15-18)20-7-3-9-22-12-16-4-10-23-13-16;/h16H,2-15H2,1H3,(H,19,20);1H. The molecule has 7 heteroatoms. The van der Waals surface area contributed by atoms with Gasteiger partial charge in [-0.05, 0) is 32.6 Å². The number of ether oxygens (including phenoxy) is 3. The fourth-order valence-electron chi connectivity index (χ4n) is 3.83. The summed E-state index contributed by atoms with van der Waals surface area (Å²) in [5, 5.41) is 3.44. The van der Waals surface area contributed by atoms with Crippen molar-refractivity contribution >= 4 is 29.9 Å². The summed E-state index contributed by atoms with van der Waals surface area (Å²) in [5.74, 6) is 1.66. The molecule has 0 aromatic carbocycles. The van der Waals surface area contributed by atoms with Crippen molar-refractivity contribution < 1.29 is 14.2 Å². The highest BCUT2D eigenvalue weighted by atomic mass is 127. The van der Waals surface area contributed by atoms with E-state index >= 15 is 0 Å². The predicted octanol–water partition coefficient (Wildman–Crippen LogP) is 2.13. The second-order valence-corrected chi connectivity index (χ2v) is 7.37. The van der Waals surface area contributed by atoms with Gasteiger partial charge in [0.05, 0.1) is 19.8 Å². The van der Waals surface area contributed by atoms with Gasteiger partial charge in [0.2, 0.25) is 0 Å². The van der Waals surface area contributed by atoms with Gasteiger partial charge < -0.3 is 24.4 Å². The first-order chi connectivity index (χ1) is 11.8. The van der Waals surface area contributed by atoms with E-state index in [0.29, 0.717) is 11.3 Å². The van der Waals surface area contributed by atoms with Crippen LogP contribution >= 0.6 is 24.0 Å². The summed E-state index contributed by atoms with van der Waals surface area (Å²) in [6.45, 7) is 11.3. The van der Waals surface area contributed by atoms with Crippen molar-refractivity contribution in [2.24, 2.45) is 16.3 Å². The molecule has 146 valence electrons. The van der Waals surface area contributed by atoms with Gasteiger partial charge >= 0.3 is 0 Å². The molecule has 1 N–H and O–H groups in total. The van der Waals surface area contributed by atoms with E-state index in [9.17, 15) is 0 Å². The number of halogens is 1. The van der Waals surface area contributed by atoms with Crippen LogP contribution in [0.2, 0.25) is 0 Å². The third-order valence-electron chi connectivity index (χ3n) is 5.34. The summed E-state index contributed by atoms with van der Waals surface area (Å²) in [6, 6.07) is 0. The van der Waals surface area contributed by atoms with Gasteiger partial charge in [0.25, 0.3) is 0 Å². The first kappa shape index (κ1) is 21.2. The van der Waals surface area contributed by atoms with Crippen LogP contribution in [-0.4, -0.2) is 76.7 Å². The predicted molar refractivity (Wildman–Crippen MR) is 110 cm³/mol. The second-order valence-electron chi connectivity index (χ2n) is 7.37. The van der Waals surface area contributed by atoms with Crippen molar-refractivity contribution in [3.05, 3.63) is 0 Å². The lowest BCUT2D eigenvalue weighted by Crippen LogP contribution is -2.41. The number of hydrogen-bond acceptors (Lipinski definition) is 4. The molecule has 25 heavy (non-hydrogen) atoms. The average molecular weight is 467 g/mol. The molecule has 3 rings (SSSR count). The van der Waals surface area contributed by atoms with Crippen LogP contribution in [0, 0.1) is 11.3 Å². The molecule has 2 atom stereocenters. The Morgan fingerprint density at radius 1 is 1.32 bits per heavy atom. The molecule has 0 radical (unpaired) electrons. The first-order valence-electron chi connectivity index (χ1n) is 9.58. The van der Waals surface area contributed by atoms with Crippen LogP contribution in [-0.2, 0) is 14.2 Å². The van der Waals surface area contributed by atoms with Gasteiger partial charge in [0.15, 0.2) is 5.96 Å². The Morgan fingerprint density at radius 3 is 2.96 bits per heavy atom. The molecule has 2 unspecified atom stereocenters. The summed E-state index contributed by atoms with van der Waals surface area (Å²) in [7, 11) is 0. The molecule has 3 fully saturated rings. The Labute approximate surface area is 169 Å². The van der Waals surface area contributed by atoms with E-state index in [1.165, 1.54) is 12.8 Å². The number of nitrogens with zero attached hydrogens (tertiary/aromatic N) is 2. The van der Waals surface area contributed by atoms with E-state index in [1.807, 2.05) is 0 Å². The van der Waals surface area contributed by atoms with Crippen LogP contribution in [0.15, 0.2) is 4.99 Å². The Bertz CT molecular complexity index is 410. The maximum Gasteiger partial charge on any atom is 0.193 e. The Kier molecular flexibility index (Phi) is 9.23. The maximum absolute atomic E-state index is 5.76. The smallest absolute Gasteiger partial charge is 0.193 e. The van der Waals surface area contributed by atoms with Crippen LogP contribution in [0.4, 0.5) is 0 Å². The molecule has 0 saturated carbocycles. The fourth-order valence-corrected chi connectivity index (χ4v) is 3.83. The minimum atomic E-state index is 0. The molecule has 0 amide bonds. The number of likely N-dealkylation sites (tertiary alicyclic amines) is 1. The summed E-state index contributed by atoms with van der Waals surface area (Å²) < 4.78 is 16.8. The van der Waals surface area contributed by atoms with Gasteiger partial charge in [0.1, 0.15) is 0 Å². The van der Waals surface area contributed by atoms with E-state index in [1.54, 1.807) is 0 Å². The minimum Gasteiger partial charge on any atom is -0.381 e. The van der Waals surface area contributed by atoms with Crippen molar-refractivity contribution in [2.75, 3.05) is 65.8 Å². The number of nitrogens with one attached hydrogen (secondary N) is 1. The fraction of sp³-hybridized carbons (Fsp3) is 0.944. The zero-order valence-corrected chi connectivity index (χ0v) is 17.8. The van der Waals surface area contributed by atoms with Crippen LogP contribution < -0.4 is 5.32 Å². The normalized spacial score (nSPS) is 29.4. The zero-order chi connectivity index (χ0) is 16.7. The van der Waals surface area contributed by atoms with Crippen LogP contribution in [0.3, 0.4) is 0 Å². The summed E-state index contributed by atoms with van der Waals surface area (Å²) in [6.07, 6.45) is 4.54. The van der Waals surface area contributed by atoms with E-state index in [0.717, 1.165) is 84.6 Å². The molecule has 0 bridgehead atoms. The lowest BCUT2D eigenvalue weighted by Gasteiger charge is -2.25. The molecule has 3 aliphatic heterocycles. The lowest BCUT2D eigenvalue weighted by atomic mass is 9.87. The molecule has 1 spiro atoms. The van der Waals surface area contributed by atoms with Crippen molar-refractivity contribution in [1.82, 2.24) is 10.2 Å². The van der Waals surface area contributed by atoms with E-state index in [2.05, 4.69) is 17.1 Å². The number of hydrogen-bond donors (Lipinski definition) is 1. The topological polar surface area (TPSA) is 55.3 Å². The molecular weight excluding hydrogens is 433 g/mol. The number of rotatable bonds is 7. The van der Waals surface area contributed by atoms with Gasteiger partial charge in [-0.2, -0.15) is 0 Å². The highest BCUT2D eigenvalue weighted by molar-refractivity contribution is 14.0. The highest BCUT2D eigenvalue weighted by Crippen LogP contribution is 2.38. The van der Waals surface area contributed by atoms with E-state index < -0.39 is 0 Å². The largest absolute Gasteiger partial charge is 0.381 e. The molecule has 3 heterocycles. The lowest BCUT2D eigenvalue weighted by molar-refractivity contribution is 0.0893. The third-order valence-corrected chi connectivity index (χ3v) is 5.34. The minimum absolute atomic E-state index is 0. The van der Waals surface area contributed by atoms with Crippen LogP contribution in [0.25, 0.3) is 0 Å². The summed E-state index contributed by atoms with van der Waals surface area (Å²) >= 11 is 0. The average Bonchev–Trinajstić information content (AvgIpc) is 3.34. The molecule has 0 aromatic heterocycles. The maximum atomic E-state index is 5.76. The second kappa shape index (κ2) is 10.9. The van der Waals surface area contributed by atoms with E-state index in [-0.39, 0.29) is 24.0 Å². The van der Waals surface area contributed by atoms with Gasteiger partial charge in [-0.1, -0.05) is 0 Å². The number of guanidine groups is 1. The van der Waals surface area contributed by atoms with E-state index in [4.69, 9.17) is 19.2 Å².